The van der Waals surface area contributed by atoms with Gasteiger partial charge in [-0.3, -0.25) is 0 Å². The minimum Gasteiger partial charge on any atom is -0.313 e. The smallest absolute Gasteiger partial charge is 0.313 e. The molecule has 1 aliphatic heterocycles. The summed E-state index contributed by atoms with van der Waals surface area (Å²) in [5.74, 6) is 0. The van der Waals surface area contributed by atoms with Crippen molar-refractivity contribution in [3.8, 4) is 0 Å². The fraction of sp³-hybridized carbons (Fsp3) is 1.00. The van der Waals surface area contributed by atoms with Crippen LogP contribution in [0.1, 0.15) is 38.5 Å². The second-order valence-electron chi connectivity index (χ2n) is 5.67. The second kappa shape index (κ2) is 2.70. The molecule has 0 spiro atoms. The molecule has 86 valence electrons. The Morgan fingerprint density at radius 1 is 1.07 bits per heavy atom. The van der Waals surface area contributed by atoms with Crippen molar-refractivity contribution in [2.75, 3.05) is 6.54 Å². The van der Waals surface area contributed by atoms with Crippen LogP contribution in [0.5, 0.6) is 0 Å². The van der Waals surface area contributed by atoms with Gasteiger partial charge in [0.25, 0.3) is 0 Å². The first-order chi connectivity index (χ1) is 6.98. The number of alkyl halides is 3. The Morgan fingerprint density at radius 3 is 2.20 bits per heavy atom. The summed E-state index contributed by atoms with van der Waals surface area (Å²) in [7, 11) is 0. The van der Waals surface area contributed by atoms with Crippen LogP contribution in [0.25, 0.3) is 0 Å². The largest absolute Gasteiger partial charge is 0.394 e. The Bertz CT molecular complexity index is 258. The zero-order valence-corrected chi connectivity index (χ0v) is 8.66. The maximum Gasteiger partial charge on any atom is 0.394 e. The van der Waals surface area contributed by atoms with Gasteiger partial charge < -0.3 is 5.32 Å². The summed E-state index contributed by atoms with van der Waals surface area (Å²) in [5.41, 5.74) is -1.25. The van der Waals surface area contributed by atoms with E-state index in [1.165, 1.54) is 12.8 Å². The third kappa shape index (κ3) is 1.14. The van der Waals surface area contributed by atoms with Crippen molar-refractivity contribution in [2.24, 2.45) is 10.8 Å². The second-order valence-corrected chi connectivity index (χ2v) is 5.67. The Labute approximate surface area is 87.4 Å². The zero-order chi connectivity index (χ0) is 10.7. The standard InChI is InChI=1S/C11H16F3N/c12-11(13,14)10-5-9(6-10,7-10)8-3-1-2-4-15-8/h8,15H,1-7H2. The minimum atomic E-state index is -3.95. The van der Waals surface area contributed by atoms with E-state index in [4.69, 9.17) is 0 Å². The van der Waals surface area contributed by atoms with Crippen molar-refractivity contribution in [3.05, 3.63) is 0 Å². The van der Waals surface area contributed by atoms with E-state index in [0.717, 1.165) is 13.0 Å². The summed E-state index contributed by atoms with van der Waals surface area (Å²) in [5, 5.41) is 3.40. The molecule has 3 saturated carbocycles. The van der Waals surface area contributed by atoms with Crippen LogP contribution in [0.15, 0.2) is 0 Å². The molecule has 0 amide bonds. The molecule has 0 aromatic heterocycles. The Kier molecular flexibility index (Phi) is 1.79. The predicted molar refractivity (Wildman–Crippen MR) is 50.4 cm³/mol. The highest BCUT2D eigenvalue weighted by molar-refractivity contribution is 5.23. The molecule has 4 fully saturated rings. The molecule has 0 aromatic rings. The fourth-order valence-corrected chi connectivity index (χ4v) is 3.91. The number of nitrogens with one attached hydrogen (secondary N) is 1. The zero-order valence-electron chi connectivity index (χ0n) is 8.66. The molecule has 1 saturated heterocycles. The molecule has 3 aliphatic carbocycles. The summed E-state index contributed by atoms with van der Waals surface area (Å²) in [6.45, 7) is 0.992. The van der Waals surface area contributed by atoms with Crippen LogP contribution in [0, 0.1) is 10.8 Å². The summed E-state index contributed by atoms with van der Waals surface area (Å²) >= 11 is 0. The van der Waals surface area contributed by atoms with Gasteiger partial charge in [-0.05, 0) is 44.1 Å². The van der Waals surface area contributed by atoms with Gasteiger partial charge in [-0.25, -0.2) is 0 Å². The average Bonchev–Trinajstić information content (AvgIpc) is 1.98. The van der Waals surface area contributed by atoms with Crippen molar-refractivity contribution >= 4 is 0 Å². The number of halogens is 3. The third-order valence-corrected chi connectivity index (χ3v) is 4.72. The first-order valence-electron chi connectivity index (χ1n) is 5.78. The number of rotatable bonds is 1. The molecule has 1 nitrogen and oxygen atoms in total. The normalized spacial score (nSPS) is 49.4. The van der Waals surface area contributed by atoms with Gasteiger partial charge in [0, 0.05) is 6.04 Å². The molecule has 1 heterocycles. The van der Waals surface area contributed by atoms with E-state index >= 15 is 0 Å². The Hall–Kier alpha value is -0.250. The van der Waals surface area contributed by atoms with E-state index in [-0.39, 0.29) is 5.41 Å². The van der Waals surface area contributed by atoms with E-state index in [1.807, 2.05) is 0 Å². The van der Waals surface area contributed by atoms with Gasteiger partial charge in [0.1, 0.15) is 0 Å². The lowest BCUT2D eigenvalue weighted by molar-refractivity contribution is -0.370. The van der Waals surface area contributed by atoms with E-state index in [2.05, 4.69) is 5.32 Å². The quantitative estimate of drug-likeness (QED) is 0.715. The van der Waals surface area contributed by atoms with E-state index in [0.29, 0.717) is 25.3 Å². The fourth-order valence-electron chi connectivity index (χ4n) is 3.91. The molecule has 15 heavy (non-hydrogen) atoms. The van der Waals surface area contributed by atoms with Crippen LogP contribution in [-0.2, 0) is 0 Å². The van der Waals surface area contributed by atoms with Crippen molar-refractivity contribution < 1.29 is 13.2 Å². The van der Waals surface area contributed by atoms with Crippen LogP contribution in [-0.4, -0.2) is 18.8 Å². The molecule has 0 aromatic carbocycles. The van der Waals surface area contributed by atoms with Crippen LogP contribution in [0.4, 0.5) is 13.2 Å². The monoisotopic (exact) mass is 219 g/mol. The van der Waals surface area contributed by atoms with Crippen molar-refractivity contribution in [1.29, 1.82) is 0 Å². The molecule has 1 atom stereocenters. The predicted octanol–water partition coefficient (Wildman–Crippen LogP) is 2.86. The van der Waals surface area contributed by atoms with Crippen molar-refractivity contribution in [2.45, 2.75) is 50.7 Å². The van der Waals surface area contributed by atoms with Crippen LogP contribution < -0.4 is 5.32 Å². The molecule has 0 radical (unpaired) electrons. The van der Waals surface area contributed by atoms with Crippen molar-refractivity contribution in [3.63, 3.8) is 0 Å². The first-order valence-corrected chi connectivity index (χ1v) is 5.78. The molecule has 4 aliphatic rings. The molecule has 1 unspecified atom stereocenters. The average molecular weight is 219 g/mol. The van der Waals surface area contributed by atoms with Gasteiger partial charge in [-0.15, -0.1) is 0 Å². The highest BCUT2D eigenvalue weighted by Crippen LogP contribution is 2.79. The molecule has 2 bridgehead atoms. The number of hydrogen-bond donors (Lipinski definition) is 1. The maximum atomic E-state index is 12.6. The van der Waals surface area contributed by atoms with Gasteiger partial charge in [-0.2, -0.15) is 13.2 Å². The first kappa shape index (κ1) is 9.94. The summed E-state index contributed by atoms with van der Waals surface area (Å²) in [4.78, 5) is 0. The number of piperidine rings is 1. The van der Waals surface area contributed by atoms with Gasteiger partial charge in [0.2, 0.25) is 0 Å². The van der Waals surface area contributed by atoms with Gasteiger partial charge >= 0.3 is 6.18 Å². The van der Waals surface area contributed by atoms with Crippen molar-refractivity contribution in [1.82, 2.24) is 5.32 Å². The summed E-state index contributed by atoms with van der Waals surface area (Å²) < 4.78 is 37.9. The molecule has 1 N–H and O–H groups in total. The van der Waals surface area contributed by atoms with E-state index in [1.54, 1.807) is 0 Å². The lowest BCUT2D eigenvalue weighted by Crippen LogP contribution is -2.74. The summed E-state index contributed by atoms with van der Waals surface area (Å²) in [6.07, 6.45) is 0.649. The van der Waals surface area contributed by atoms with Crippen LogP contribution >= 0.6 is 0 Å². The molecular formula is C11H16F3N. The van der Waals surface area contributed by atoms with Gasteiger partial charge in [-0.1, -0.05) is 6.42 Å². The highest BCUT2D eigenvalue weighted by Gasteiger charge is 2.79. The number of hydrogen-bond acceptors (Lipinski definition) is 1. The van der Waals surface area contributed by atoms with Gasteiger partial charge in [0.05, 0.1) is 5.41 Å². The van der Waals surface area contributed by atoms with Crippen LogP contribution in [0.3, 0.4) is 0 Å². The Balaban J connectivity index is 1.65. The van der Waals surface area contributed by atoms with E-state index < -0.39 is 11.6 Å². The Morgan fingerprint density at radius 2 is 1.73 bits per heavy atom. The SMILES string of the molecule is FC(F)(F)C12CC(C3CCCCN3)(C1)C2. The molecule has 4 heteroatoms. The van der Waals surface area contributed by atoms with Gasteiger partial charge in [0.15, 0.2) is 0 Å². The lowest BCUT2D eigenvalue weighted by Gasteiger charge is -2.73. The minimum absolute atomic E-state index is 0.0237. The molecular weight excluding hydrogens is 203 g/mol. The van der Waals surface area contributed by atoms with E-state index in [9.17, 15) is 13.2 Å². The maximum absolute atomic E-state index is 12.6. The summed E-state index contributed by atoms with van der Waals surface area (Å²) in [6, 6.07) is 0.371. The lowest BCUT2D eigenvalue weighted by atomic mass is 9.32. The third-order valence-electron chi connectivity index (χ3n) is 4.72. The molecule has 4 rings (SSSR count). The van der Waals surface area contributed by atoms with Crippen LogP contribution in [0.2, 0.25) is 0 Å². The topological polar surface area (TPSA) is 12.0 Å². The highest BCUT2D eigenvalue weighted by atomic mass is 19.4.